The van der Waals surface area contributed by atoms with E-state index in [2.05, 4.69) is 0 Å². The van der Waals surface area contributed by atoms with Gasteiger partial charge in [0.05, 0.1) is 12.6 Å². The zero-order valence-corrected chi connectivity index (χ0v) is 9.80. The molecule has 1 aromatic carbocycles. The van der Waals surface area contributed by atoms with Crippen LogP contribution in [-0.2, 0) is 6.54 Å². The minimum absolute atomic E-state index is 0.00474. The second-order valence-electron chi connectivity index (χ2n) is 4.38. The van der Waals surface area contributed by atoms with Gasteiger partial charge in [-0.1, -0.05) is 12.1 Å². The van der Waals surface area contributed by atoms with Gasteiger partial charge in [0.2, 0.25) is 0 Å². The van der Waals surface area contributed by atoms with Crippen LogP contribution in [0.15, 0.2) is 24.3 Å². The highest BCUT2D eigenvalue weighted by Gasteiger charge is 2.28. The predicted molar refractivity (Wildman–Crippen MR) is 65.5 cm³/mol. The molecular formula is C13H18N2O2. The van der Waals surface area contributed by atoms with Gasteiger partial charge in [-0.15, -0.1) is 0 Å². The molecule has 0 saturated carbocycles. The van der Waals surface area contributed by atoms with Crippen LogP contribution >= 0.6 is 0 Å². The van der Waals surface area contributed by atoms with Crippen molar-refractivity contribution in [3.05, 3.63) is 35.4 Å². The molecule has 1 heterocycles. The van der Waals surface area contributed by atoms with E-state index in [0.717, 1.165) is 24.9 Å². The summed E-state index contributed by atoms with van der Waals surface area (Å²) in [4.78, 5) is 14.0. The minimum atomic E-state index is -0.0170. The number of carbonyl (C=O) groups is 1. The highest BCUT2D eigenvalue weighted by molar-refractivity contribution is 5.94. The average Bonchev–Trinajstić information content (AvgIpc) is 2.86. The summed E-state index contributed by atoms with van der Waals surface area (Å²) in [6, 6.07) is 7.33. The van der Waals surface area contributed by atoms with Crippen molar-refractivity contribution in [1.29, 1.82) is 0 Å². The molecule has 1 aliphatic rings. The molecule has 17 heavy (non-hydrogen) atoms. The topological polar surface area (TPSA) is 66.6 Å². The fourth-order valence-electron chi connectivity index (χ4n) is 2.24. The lowest BCUT2D eigenvalue weighted by Crippen LogP contribution is -2.37. The van der Waals surface area contributed by atoms with Crippen LogP contribution in [0.2, 0.25) is 0 Å². The van der Waals surface area contributed by atoms with Crippen molar-refractivity contribution in [2.24, 2.45) is 5.73 Å². The SMILES string of the molecule is NCc1ccc(C(=O)N2CCCC2CO)cc1. The number of rotatable bonds is 3. The first kappa shape index (κ1) is 12.1. The van der Waals surface area contributed by atoms with Crippen LogP contribution in [0.5, 0.6) is 0 Å². The highest BCUT2D eigenvalue weighted by atomic mass is 16.3. The van der Waals surface area contributed by atoms with E-state index in [1.165, 1.54) is 0 Å². The maximum Gasteiger partial charge on any atom is 0.254 e. The summed E-state index contributed by atoms with van der Waals surface area (Å²) in [7, 11) is 0. The molecule has 4 nitrogen and oxygen atoms in total. The van der Waals surface area contributed by atoms with Crippen molar-refractivity contribution in [1.82, 2.24) is 4.90 Å². The van der Waals surface area contributed by atoms with Crippen molar-refractivity contribution >= 4 is 5.91 Å². The van der Waals surface area contributed by atoms with Gasteiger partial charge in [-0.25, -0.2) is 0 Å². The molecule has 1 fully saturated rings. The lowest BCUT2D eigenvalue weighted by molar-refractivity contribution is 0.0677. The van der Waals surface area contributed by atoms with Crippen molar-refractivity contribution in [3.63, 3.8) is 0 Å². The Morgan fingerprint density at radius 3 is 2.71 bits per heavy atom. The Labute approximate surface area is 101 Å². The van der Waals surface area contributed by atoms with Crippen LogP contribution in [0.25, 0.3) is 0 Å². The Kier molecular flexibility index (Phi) is 3.76. The number of hydrogen-bond donors (Lipinski definition) is 2. The van der Waals surface area contributed by atoms with Gasteiger partial charge in [-0.3, -0.25) is 4.79 Å². The van der Waals surface area contributed by atoms with Crippen LogP contribution in [0.4, 0.5) is 0 Å². The summed E-state index contributed by atoms with van der Waals surface area (Å²) in [6.07, 6.45) is 1.86. The summed E-state index contributed by atoms with van der Waals surface area (Å²) >= 11 is 0. The Morgan fingerprint density at radius 1 is 1.41 bits per heavy atom. The Hall–Kier alpha value is -1.39. The summed E-state index contributed by atoms with van der Waals surface area (Å²) in [5.74, 6) is 0.00474. The third-order valence-corrected chi connectivity index (χ3v) is 3.29. The van der Waals surface area contributed by atoms with E-state index >= 15 is 0 Å². The van der Waals surface area contributed by atoms with Gasteiger partial charge >= 0.3 is 0 Å². The second-order valence-corrected chi connectivity index (χ2v) is 4.38. The van der Waals surface area contributed by atoms with Crippen molar-refractivity contribution in [2.45, 2.75) is 25.4 Å². The fraction of sp³-hybridized carbons (Fsp3) is 0.462. The van der Waals surface area contributed by atoms with E-state index in [4.69, 9.17) is 5.73 Å². The van der Waals surface area contributed by atoms with Crippen molar-refractivity contribution in [3.8, 4) is 0 Å². The van der Waals surface area contributed by atoms with E-state index in [9.17, 15) is 9.90 Å². The summed E-state index contributed by atoms with van der Waals surface area (Å²) in [6.45, 7) is 1.27. The number of aliphatic hydroxyl groups excluding tert-OH is 1. The molecule has 0 spiro atoms. The Morgan fingerprint density at radius 2 is 2.12 bits per heavy atom. The van der Waals surface area contributed by atoms with E-state index in [1.54, 1.807) is 17.0 Å². The summed E-state index contributed by atoms with van der Waals surface area (Å²) in [5.41, 5.74) is 7.20. The molecule has 1 atom stereocenters. The normalized spacial score (nSPS) is 19.6. The zero-order chi connectivity index (χ0) is 12.3. The van der Waals surface area contributed by atoms with Gasteiger partial charge in [0.25, 0.3) is 5.91 Å². The Bertz CT molecular complexity index is 389. The smallest absolute Gasteiger partial charge is 0.254 e. The quantitative estimate of drug-likeness (QED) is 0.810. The van der Waals surface area contributed by atoms with Crippen LogP contribution in [0.1, 0.15) is 28.8 Å². The van der Waals surface area contributed by atoms with Gasteiger partial charge < -0.3 is 15.7 Å². The fourth-order valence-corrected chi connectivity index (χ4v) is 2.24. The maximum absolute atomic E-state index is 12.2. The van der Waals surface area contributed by atoms with E-state index < -0.39 is 0 Å². The van der Waals surface area contributed by atoms with Crippen LogP contribution in [0, 0.1) is 0 Å². The van der Waals surface area contributed by atoms with Gasteiger partial charge in [0, 0.05) is 18.7 Å². The summed E-state index contributed by atoms with van der Waals surface area (Å²) < 4.78 is 0. The molecule has 0 radical (unpaired) electrons. The lowest BCUT2D eigenvalue weighted by Gasteiger charge is -2.23. The summed E-state index contributed by atoms with van der Waals surface area (Å²) in [5, 5.41) is 9.20. The number of carbonyl (C=O) groups excluding carboxylic acids is 1. The van der Waals surface area contributed by atoms with Gasteiger partial charge in [-0.2, -0.15) is 0 Å². The maximum atomic E-state index is 12.2. The number of likely N-dealkylation sites (tertiary alicyclic amines) is 1. The molecule has 1 amide bonds. The van der Waals surface area contributed by atoms with E-state index in [1.807, 2.05) is 12.1 Å². The number of amides is 1. The molecule has 0 aromatic heterocycles. The second kappa shape index (κ2) is 5.29. The van der Waals surface area contributed by atoms with Crippen LogP contribution in [-0.4, -0.2) is 35.1 Å². The molecular weight excluding hydrogens is 216 g/mol. The number of aliphatic hydroxyl groups is 1. The molecule has 1 aromatic rings. The molecule has 1 saturated heterocycles. The molecule has 1 aliphatic heterocycles. The van der Waals surface area contributed by atoms with Gasteiger partial charge in [-0.05, 0) is 30.5 Å². The number of nitrogens with two attached hydrogens (primary N) is 1. The molecule has 2 rings (SSSR count). The number of benzene rings is 1. The average molecular weight is 234 g/mol. The molecule has 0 aliphatic carbocycles. The zero-order valence-electron chi connectivity index (χ0n) is 9.80. The first-order valence-corrected chi connectivity index (χ1v) is 5.97. The predicted octanol–water partition coefficient (Wildman–Crippen LogP) is 0.742. The standard InChI is InChI=1S/C13H18N2O2/c14-8-10-3-5-11(6-4-10)13(17)15-7-1-2-12(15)9-16/h3-6,12,16H,1-2,7-9,14H2. The highest BCUT2D eigenvalue weighted by Crippen LogP contribution is 2.19. The van der Waals surface area contributed by atoms with Crippen molar-refractivity contribution in [2.75, 3.05) is 13.2 Å². The van der Waals surface area contributed by atoms with Crippen LogP contribution < -0.4 is 5.73 Å². The van der Waals surface area contributed by atoms with Crippen LogP contribution in [0.3, 0.4) is 0 Å². The third-order valence-electron chi connectivity index (χ3n) is 3.29. The molecule has 3 N–H and O–H groups in total. The monoisotopic (exact) mass is 234 g/mol. The van der Waals surface area contributed by atoms with Gasteiger partial charge in [0.15, 0.2) is 0 Å². The molecule has 0 bridgehead atoms. The largest absolute Gasteiger partial charge is 0.394 e. The molecule has 92 valence electrons. The molecule has 4 heteroatoms. The minimum Gasteiger partial charge on any atom is -0.394 e. The molecule has 1 unspecified atom stereocenters. The van der Waals surface area contributed by atoms with E-state index in [0.29, 0.717) is 12.1 Å². The third kappa shape index (κ3) is 2.48. The van der Waals surface area contributed by atoms with E-state index in [-0.39, 0.29) is 18.6 Å². The van der Waals surface area contributed by atoms with Gasteiger partial charge in [0.1, 0.15) is 0 Å². The number of nitrogens with zero attached hydrogens (tertiary/aromatic N) is 1. The first-order chi connectivity index (χ1) is 8.26. The van der Waals surface area contributed by atoms with Crippen molar-refractivity contribution < 1.29 is 9.90 Å². The Balaban J connectivity index is 2.13. The first-order valence-electron chi connectivity index (χ1n) is 5.97. The number of hydrogen-bond acceptors (Lipinski definition) is 3. The lowest BCUT2D eigenvalue weighted by atomic mass is 10.1.